The summed E-state index contributed by atoms with van der Waals surface area (Å²) in [5, 5.41) is 0. The first-order valence-electron chi connectivity index (χ1n) is 9.79. The zero-order valence-corrected chi connectivity index (χ0v) is 14.7. The van der Waals surface area contributed by atoms with Gasteiger partial charge >= 0.3 is 6.03 Å². The number of hydrogen-bond acceptors (Lipinski definition) is 3. The number of hydrogen-bond donors (Lipinski definition) is 0. The maximum absolute atomic E-state index is 12.7. The van der Waals surface area contributed by atoms with Gasteiger partial charge in [-0.2, -0.15) is 0 Å². The quantitative estimate of drug-likeness (QED) is 0.763. The maximum Gasteiger partial charge on any atom is 0.320 e. The van der Waals surface area contributed by atoms with Crippen LogP contribution >= 0.6 is 0 Å². The van der Waals surface area contributed by atoms with E-state index in [0.717, 1.165) is 64.6 Å². The Morgan fingerprint density at radius 1 is 0.667 bits per heavy atom. The largest absolute Gasteiger partial charge is 0.342 e. The van der Waals surface area contributed by atoms with Crippen LogP contribution in [-0.2, 0) is 4.79 Å². The van der Waals surface area contributed by atoms with Crippen molar-refractivity contribution in [1.82, 2.24) is 19.6 Å². The van der Waals surface area contributed by atoms with Crippen LogP contribution in [0.4, 0.5) is 4.79 Å². The summed E-state index contributed by atoms with van der Waals surface area (Å²) in [6.45, 7) is 6.91. The highest BCUT2D eigenvalue weighted by molar-refractivity contribution is 5.84. The van der Waals surface area contributed by atoms with E-state index in [0.29, 0.717) is 13.1 Å². The molecule has 4 aliphatic rings. The minimum atomic E-state index is 0.0468. The third-order valence-electron chi connectivity index (χ3n) is 6.31. The molecule has 0 aromatic rings. The van der Waals surface area contributed by atoms with E-state index >= 15 is 0 Å². The van der Waals surface area contributed by atoms with Gasteiger partial charge in [-0.1, -0.05) is 6.42 Å². The SMILES string of the molecule is O=C(C1CN(C(=O)N2CCCN(C3CCC3)CC2)C1)N1CCCC1. The van der Waals surface area contributed by atoms with Crippen molar-refractivity contribution < 1.29 is 9.59 Å². The van der Waals surface area contributed by atoms with Crippen LogP contribution in [0.5, 0.6) is 0 Å². The van der Waals surface area contributed by atoms with Gasteiger partial charge in [-0.15, -0.1) is 0 Å². The molecule has 4 rings (SSSR count). The summed E-state index contributed by atoms with van der Waals surface area (Å²) in [7, 11) is 0. The van der Waals surface area contributed by atoms with Gasteiger partial charge < -0.3 is 14.7 Å². The summed E-state index contributed by atoms with van der Waals surface area (Å²) in [5.41, 5.74) is 0. The van der Waals surface area contributed by atoms with E-state index in [9.17, 15) is 9.59 Å². The first kappa shape index (κ1) is 16.2. The summed E-state index contributed by atoms with van der Waals surface area (Å²) in [6.07, 6.45) is 7.37. The fourth-order valence-corrected chi connectivity index (χ4v) is 4.43. The zero-order valence-electron chi connectivity index (χ0n) is 14.7. The minimum Gasteiger partial charge on any atom is -0.342 e. The van der Waals surface area contributed by atoms with Gasteiger partial charge in [0.15, 0.2) is 0 Å². The molecule has 6 heteroatoms. The standard InChI is InChI=1S/C18H30N4O2/c23-17(20-7-1-2-8-20)15-13-22(14-15)18(24)21-10-4-9-19(11-12-21)16-5-3-6-16/h15-16H,1-14H2. The second kappa shape index (κ2) is 6.90. The fraction of sp³-hybridized carbons (Fsp3) is 0.889. The Balaban J connectivity index is 1.24. The van der Waals surface area contributed by atoms with Crippen molar-refractivity contribution in [3.63, 3.8) is 0 Å². The maximum atomic E-state index is 12.7. The van der Waals surface area contributed by atoms with Crippen LogP contribution in [0.3, 0.4) is 0 Å². The van der Waals surface area contributed by atoms with Gasteiger partial charge in [0.2, 0.25) is 5.91 Å². The van der Waals surface area contributed by atoms with E-state index in [1.54, 1.807) is 0 Å². The molecule has 6 nitrogen and oxygen atoms in total. The Hall–Kier alpha value is -1.30. The summed E-state index contributed by atoms with van der Waals surface area (Å²) in [6, 6.07) is 0.919. The van der Waals surface area contributed by atoms with Gasteiger partial charge in [-0.3, -0.25) is 9.69 Å². The zero-order chi connectivity index (χ0) is 16.5. The Bertz CT molecular complexity index is 481. The lowest BCUT2D eigenvalue weighted by molar-refractivity contribution is -0.138. The minimum absolute atomic E-state index is 0.0468. The molecule has 3 amide bonds. The number of nitrogens with zero attached hydrogens (tertiary/aromatic N) is 4. The molecule has 1 aliphatic carbocycles. The van der Waals surface area contributed by atoms with E-state index in [2.05, 4.69) is 4.90 Å². The first-order valence-corrected chi connectivity index (χ1v) is 9.79. The first-order chi connectivity index (χ1) is 11.7. The molecule has 4 fully saturated rings. The molecule has 24 heavy (non-hydrogen) atoms. The third-order valence-corrected chi connectivity index (χ3v) is 6.31. The van der Waals surface area contributed by atoms with Crippen LogP contribution in [0.15, 0.2) is 0 Å². The Morgan fingerprint density at radius 3 is 2.04 bits per heavy atom. The summed E-state index contributed by atoms with van der Waals surface area (Å²) in [5.74, 6) is 0.314. The molecule has 0 atom stereocenters. The molecule has 0 spiro atoms. The molecule has 0 unspecified atom stereocenters. The number of urea groups is 1. The van der Waals surface area contributed by atoms with Gasteiger partial charge in [0.1, 0.15) is 0 Å². The number of rotatable bonds is 2. The Labute approximate surface area is 144 Å². The average molecular weight is 334 g/mol. The highest BCUT2D eigenvalue weighted by Crippen LogP contribution is 2.26. The van der Waals surface area contributed by atoms with E-state index in [4.69, 9.17) is 0 Å². The molecule has 134 valence electrons. The van der Waals surface area contributed by atoms with E-state index < -0.39 is 0 Å². The van der Waals surface area contributed by atoms with Gasteiger partial charge in [-0.25, -0.2) is 4.79 Å². The van der Waals surface area contributed by atoms with Crippen molar-refractivity contribution in [2.45, 2.75) is 44.6 Å². The van der Waals surface area contributed by atoms with Crippen LogP contribution in [0, 0.1) is 5.92 Å². The number of likely N-dealkylation sites (tertiary alicyclic amines) is 2. The number of carbonyl (C=O) groups is 2. The normalized spacial score (nSPS) is 26.9. The summed E-state index contributed by atoms with van der Waals surface area (Å²) in [4.78, 5) is 33.5. The molecule has 3 heterocycles. The molecule has 0 N–H and O–H groups in total. The molecule has 0 radical (unpaired) electrons. The Morgan fingerprint density at radius 2 is 1.38 bits per heavy atom. The van der Waals surface area contributed by atoms with Crippen LogP contribution in [0.1, 0.15) is 38.5 Å². The van der Waals surface area contributed by atoms with Crippen molar-refractivity contribution in [3.05, 3.63) is 0 Å². The predicted octanol–water partition coefficient (Wildman–Crippen LogP) is 1.22. The predicted molar refractivity (Wildman–Crippen MR) is 91.7 cm³/mol. The van der Waals surface area contributed by atoms with Crippen molar-refractivity contribution >= 4 is 11.9 Å². The van der Waals surface area contributed by atoms with Crippen molar-refractivity contribution in [2.75, 3.05) is 52.4 Å². The molecule has 0 aromatic heterocycles. The second-order valence-corrected chi connectivity index (χ2v) is 7.88. The van der Waals surface area contributed by atoms with Crippen molar-refractivity contribution in [2.24, 2.45) is 5.92 Å². The van der Waals surface area contributed by atoms with Crippen molar-refractivity contribution in [3.8, 4) is 0 Å². The fourth-order valence-electron chi connectivity index (χ4n) is 4.43. The van der Waals surface area contributed by atoms with Gasteiger partial charge in [0.25, 0.3) is 0 Å². The highest BCUT2D eigenvalue weighted by Gasteiger charge is 2.40. The van der Waals surface area contributed by atoms with Crippen LogP contribution in [0.2, 0.25) is 0 Å². The molecule has 3 aliphatic heterocycles. The molecular formula is C18H30N4O2. The van der Waals surface area contributed by atoms with E-state index in [-0.39, 0.29) is 17.9 Å². The number of carbonyl (C=O) groups excluding carboxylic acids is 2. The van der Waals surface area contributed by atoms with Crippen molar-refractivity contribution in [1.29, 1.82) is 0 Å². The van der Waals surface area contributed by atoms with Gasteiger partial charge in [-0.05, 0) is 32.1 Å². The lowest BCUT2D eigenvalue weighted by Gasteiger charge is -2.42. The lowest BCUT2D eigenvalue weighted by Crippen LogP contribution is -2.59. The third kappa shape index (κ3) is 3.13. The lowest BCUT2D eigenvalue weighted by atomic mass is 9.91. The summed E-state index contributed by atoms with van der Waals surface area (Å²) >= 11 is 0. The van der Waals surface area contributed by atoms with E-state index in [1.807, 2.05) is 14.7 Å². The molecular weight excluding hydrogens is 304 g/mol. The Kier molecular flexibility index (Phi) is 4.66. The molecule has 0 bridgehead atoms. The second-order valence-electron chi connectivity index (χ2n) is 7.88. The molecule has 0 aromatic carbocycles. The van der Waals surface area contributed by atoms with Crippen LogP contribution in [-0.4, -0.2) is 89.9 Å². The van der Waals surface area contributed by atoms with Gasteiger partial charge in [0.05, 0.1) is 5.92 Å². The van der Waals surface area contributed by atoms with E-state index in [1.165, 1.54) is 19.3 Å². The number of amides is 3. The topological polar surface area (TPSA) is 47.1 Å². The van der Waals surface area contributed by atoms with Crippen LogP contribution < -0.4 is 0 Å². The monoisotopic (exact) mass is 334 g/mol. The summed E-state index contributed by atoms with van der Waals surface area (Å²) < 4.78 is 0. The van der Waals surface area contributed by atoms with Gasteiger partial charge in [0, 0.05) is 58.4 Å². The average Bonchev–Trinajstić information content (AvgIpc) is 2.91. The molecule has 1 saturated carbocycles. The highest BCUT2D eigenvalue weighted by atomic mass is 16.2. The smallest absolute Gasteiger partial charge is 0.320 e. The molecule has 3 saturated heterocycles. The van der Waals surface area contributed by atoms with Crippen LogP contribution in [0.25, 0.3) is 0 Å².